The van der Waals surface area contributed by atoms with Crippen molar-refractivity contribution < 1.29 is 9.15 Å². The van der Waals surface area contributed by atoms with Gasteiger partial charge in [-0.2, -0.15) is 0 Å². The molecular formula is C28H33N3O2. The molecule has 0 atom stereocenters. The van der Waals surface area contributed by atoms with E-state index >= 15 is 0 Å². The summed E-state index contributed by atoms with van der Waals surface area (Å²) in [5.41, 5.74) is 6.94. The first-order valence-electron chi connectivity index (χ1n) is 12.4. The third-order valence-corrected chi connectivity index (χ3v) is 8.03. The quantitative estimate of drug-likeness (QED) is 0.570. The second kappa shape index (κ2) is 8.62. The number of nitrogens with zero attached hydrogens (tertiary/aromatic N) is 3. The van der Waals surface area contributed by atoms with Gasteiger partial charge in [-0.25, -0.2) is 4.98 Å². The first-order chi connectivity index (χ1) is 16.2. The summed E-state index contributed by atoms with van der Waals surface area (Å²) in [6.07, 6.45) is 5.05. The Hall–Kier alpha value is -2.63. The number of oxazole rings is 1. The Bertz CT molecular complexity index is 1110. The van der Waals surface area contributed by atoms with Gasteiger partial charge in [-0.15, -0.1) is 0 Å². The van der Waals surface area contributed by atoms with E-state index in [0.717, 1.165) is 68.8 Å². The molecule has 3 heterocycles. The molecule has 2 aliphatic heterocycles. The number of likely N-dealkylation sites (tertiary alicyclic amines) is 1. The van der Waals surface area contributed by atoms with Gasteiger partial charge in [0.15, 0.2) is 0 Å². The van der Waals surface area contributed by atoms with Crippen LogP contribution in [0.3, 0.4) is 0 Å². The lowest BCUT2D eigenvalue weighted by Crippen LogP contribution is -2.41. The van der Waals surface area contributed by atoms with Gasteiger partial charge >= 0.3 is 0 Å². The number of aromatic nitrogens is 1. The van der Waals surface area contributed by atoms with Crippen LogP contribution in [0.5, 0.6) is 0 Å². The molecule has 2 fully saturated rings. The Morgan fingerprint density at radius 2 is 1.67 bits per heavy atom. The van der Waals surface area contributed by atoms with Crippen LogP contribution in [-0.4, -0.2) is 49.3 Å². The molecule has 0 saturated carbocycles. The van der Waals surface area contributed by atoms with Gasteiger partial charge in [0.2, 0.25) is 5.89 Å². The highest BCUT2D eigenvalue weighted by molar-refractivity contribution is 5.60. The summed E-state index contributed by atoms with van der Waals surface area (Å²) in [6, 6.07) is 17.7. The normalized spacial score (nSPS) is 20.3. The second-order valence-corrected chi connectivity index (χ2v) is 9.88. The minimum absolute atomic E-state index is 0.402. The number of piperidine rings is 1. The van der Waals surface area contributed by atoms with E-state index in [1.54, 1.807) is 11.1 Å². The molecule has 1 aliphatic carbocycles. The molecule has 2 aromatic carbocycles. The lowest BCUT2D eigenvalue weighted by atomic mass is 9.74. The van der Waals surface area contributed by atoms with E-state index in [1.807, 2.05) is 6.92 Å². The van der Waals surface area contributed by atoms with Crippen molar-refractivity contribution in [2.45, 2.75) is 44.6 Å². The largest absolute Gasteiger partial charge is 0.441 e. The Morgan fingerprint density at radius 3 is 2.45 bits per heavy atom. The SMILES string of the molecule is Cc1oc(-c2ccc(N3CCOCC3)cc2)nc1CN1CCC2(CCc3ccccc32)CC1. The standard InChI is InChI=1S/C28H33N3O2/c1-21-26(20-30-14-12-28(13-15-30)11-10-22-4-2-3-5-25(22)28)29-27(33-21)23-6-8-24(9-7-23)31-16-18-32-19-17-31/h2-9H,10-20H2,1H3. The summed E-state index contributed by atoms with van der Waals surface area (Å²) >= 11 is 0. The van der Waals surface area contributed by atoms with E-state index in [-0.39, 0.29) is 0 Å². The smallest absolute Gasteiger partial charge is 0.226 e. The van der Waals surface area contributed by atoms with E-state index < -0.39 is 0 Å². The third-order valence-electron chi connectivity index (χ3n) is 8.03. The number of hydrogen-bond donors (Lipinski definition) is 0. The van der Waals surface area contributed by atoms with Crippen molar-refractivity contribution in [2.75, 3.05) is 44.3 Å². The average molecular weight is 444 g/mol. The number of fused-ring (bicyclic) bond motifs is 2. The van der Waals surface area contributed by atoms with Crippen LogP contribution in [0.15, 0.2) is 52.9 Å². The number of benzene rings is 2. The van der Waals surface area contributed by atoms with Crippen molar-refractivity contribution in [1.82, 2.24) is 9.88 Å². The molecule has 0 radical (unpaired) electrons. The molecule has 2 saturated heterocycles. The lowest BCUT2D eigenvalue weighted by molar-refractivity contribution is 0.122. The topological polar surface area (TPSA) is 41.7 Å². The van der Waals surface area contributed by atoms with E-state index in [4.69, 9.17) is 14.1 Å². The van der Waals surface area contributed by atoms with E-state index in [2.05, 4.69) is 58.3 Å². The van der Waals surface area contributed by atoms with Gasteiger partial charge in [-0.1, -0.05) is 24.3 Å². The molecule has 0 amide bonds. The number of anilines is 1. The number of aryl methyl sites for hydroxylation is 2. The summed E-state index contributed by atoms with van der Waals surface area (Å²) < 4.78 is 11.6. The van der Waals surface area contributed by atoms with Crippen LogP contribution >= 0.6 is 0 Å². The zero-order chi connectivity index (χ0) is 22.3. The fourth-order valence-electron chi connectivity index (χ4n) is 5.97. The second-order valence-electron chi connectivity index (χ2n) is 9.88. The van der Waals surface area contributed by atoms with Gasteiger partial charge in [0, 0.05) is 30.9 Å². The van der Waals surface area contributed by atoms with E-state index in [9.17, 15) is 0 Å². The predicted octanol–water partition coefficient (Wildman–Crippen LogP) is 4.97. The summed E-state index contributed by atoms with van der Waals surface area (Å²) in [4.78, 5) is 9.82. The van der Waals surface area contributed by atoms with Gasteiger partial charge in [0.1, 0.15) is 5.76 Å². The van der Waals surface area contributed by atoms with Crippen molar-refractivity contribution >= 4 is 5.69 Å². The van der Waals surface area contributed by atoms with Gasteiger partial charge in [0.05, 0.1) is 18.9 Å². The fraction of sp³-hybridized carbons (Fsp3) is 0.464. The summed E-state index contributed by atoms with van der Waals surface area (Å²) in [7, 11) is 0. The Balaban J connectivity index is 1.11. The van der Waals surface area contributed by atoms with Crippen LogP contribution in [0.25, 0.3) is 11.5 Å². The predicted molar refractivity (Wildman–Crippen MR) is 131 cm³/mol. The molecule has 0 unspecified atom stereocenters. The monoisotopic (exact) mass is 443 g/mol. The van der Waals surface area contributed by atoms with E-state index in [1.165, 1.54) is 31.4 Å². The highest BCUT2D eigenvalue weighted by Crippen LogP contribution is 2.46. The minimum Gasteiger partial charge on any atom is -0.441 e. The Morgan fingerprint density at radius 1 is 0.909 bits per heavy atom. The molecule has 33 heavy (non-hydrogen) atoms. The lowest BCUT2D eigenvalue weighted by Gasteiger charge is -2.40. The number of ether oxygens (including phenoxy) is 1. The highest BCUT2D eigenvalue weighted by Gasteiger charge is 2.40. The third kappa shape index (κ3) is 3.98. The maximum atomic E-state index is 6.10. The highest BCUT2D eigenvalue weighted by atomic mass is 16.5. The molecule has 5 heteroatoms. The molecule has 6 rings (SSSR count). The molecule has 1 aromatic heterocycles. The molecule has 3 aliphatic rings. The van der Waals surface area contributed by atoms with Crippen LogP contribution in [-0.2, 0) is 23.1 Å². The molecule has 3 aromatic rings. The fourth-order valence-corrected chi connectivity index (χ4v) is 5.97. The number of morpholine rings is 1. The maximum Gasteiger partial charge on any atom is 0.226 e. The van der Waals surface area contributed by atoms with Crippen molar-refractivity contribution in [1.29, 1.82) is 0 Å². The Kier molecular flexibility index (Phi) is 5.47. The van der Waals surface area contributed by atoms with Crippen LogP contribution in [0.2, 0.25) is 0 Å². The van der Waals surface area contributed by atoms with E-state index in [0.29, 0.717) is 5.41 Å². The first kappa shape index (κ1) is 20.9. The summed E-state index contributed by atoms with van der Waals surface area (Å²) in [6.45, 7) is 8.68. The molecular weight excluding hydrogens is 410 g/mol. The number of hydrogen-bond acceptors (Lipinski definition) is 5. The minimum atomic E-state index is 0.402. The zero-order valence-corrected chi connectivity index (χ0v) is 19.6. The Labute approximate surface area is 196 Å². The van der Waals surface area contributed by atoms with Crippen molar-refractivity contribution in [3.05, 3.63) is 71.1 Å². The van der Waals surface area contributed by atoms with Crippen LogP contribution in [0.1, 0.15) is 41.8 Å². The van der Waals surface area contributed by atoms with Gasteiger partial charge in [-0.05, 0) is 86.5 Å². The molecule has 0 bridgehead atoms. The van der Waals surface area contributed by atoms with Gasteiger partial charge in [-0.3, -0.25) is 4.90 Å². The maximum absolute atomic E-state index is 6.10. The van der Waals surface area contributed by atoms with Crippen LogP contribution < -0.4 is 4.90 Å². The van der Waals surface area contributed by atoms with Crippen molar-refractivity contribution in [3.63, 3.8) is 0 Å². The molecule has 0 N–H and O–H groups in total. The number of rotatable bonds is 4. The molecule has 5 nitrogen and oxygen atoms in total. The average Bonchev–Trinajstić information content (AvgIpc) is 3.42. The van der Waals surface area contributed by atoms with Crippen LogP contribution in [0.4, 0.5) is 5.69 Å². The first-order valence-corrected chi connectivity index (χ1v) is 12.4. The van der Waals surface area contributed by atoms with Crippen LogP contribution in [0, 0.1) is 6.92 Å². The molecule has 1 spiro atoms. The van der Waals surface area contributed by atoms with Crippen molar-refractivity contribution in [2.24, 2.45) is 0 Å². The summed E-state index contributed by atoms with van der Waals surface area (Å²) in [5.74, 6) is 1.67. The molecule has 172 valence electrons. The van der Waals surface area contributed by atoms with Crippen molar-refractivity contribution in [3.8, 4) is 11.5 Å². The van der Waals surface area contributed by atoms with Gasteiger partial charge < -0.3 is 14.1 Å². The summed E-state index contributed by atoms with van der Waals surface area (Å²) in [5, 5.41) is 0. The zero-order valence-electron chi connectivity index (χ0n) is 19.6. The van der Waals surface area contributed by atoms with Gasteiger partial charge in [0.25, 0.3) is 0 Å².